The molecule has 92 valence electrons. The zero-order valence-corrected chi connectivity index (χ0v) is 11.1. The van der Waals surface area contributed by atoms with Crippen LogP contribution in [0.4, 0.5) is 5.69 Å². The van der Waals surface area contributed by atoms with Gasteiger partial charge in [0.05, 0.1) is 11.5 Å². The summed E-state index contributed by atoms with van der Waals surface area (Å²) in [5.74, 6) is 0. The highest BCUT2D eigenvalue weighted by atomic mass is 14.9. The molecular formula is C15H22N2. The Morgan fingerprint density at radius 3 is 2.65 bits per heavy atom. The van der Waals surface area contributed by atoms with Crippen molar-refractivity contribution in [2.75, 3.05) is 11.9 Å². The molecule has 1 aromatic carbocycles. The van der Waals surface area contributed by atoms with E-state index < -0.39 is 0 Å². The molecule has 0 fully saturated rings. The third-order valence-electron chi connectivity index (χ3n) is 2.99. The number of rotatable bonds is 6. The van der Waals surface area contributed by atoms with Crippen LogP contribution in [-0.4, -0.2) is 6.54 Å². The van der Waals surface area contributed by atoms with Crippen LogP contribution < -0.4 is 5.32 Å². The minimum Gasteiger partial charge on any atom is -0.385 e. The average molecular weight is 230 g/mol. The van der Waals surface area contributed by atoms with E-state index in [2.05, 4.69) is 42.6 Å². The van der Waals surface area contributed by atoms with Crippen molar-refractivity contribution in [3.05, 3.63) is 29.8 Å². The number of hydrogen-bond acceptors (Lipinski definition) is 2. The normalized spacial score (nSPS) is 10.9. The van der Waals surface area contributed by atoms with Crippen LogP contribution in [0.25, 0.3) is 0 Å². The van der Waals surface area contributed by atoms with Crippen molar-refractivity contribution in [2.45, 2.75) is 40.0 Å². The summed E-state index contributed by atoms with van der Waals surface area (Å²) in [6, 6.07) is 10.7. The Bertz CT molecular complexity index is 388. The fraction of sp³-hybridized carbons (Fsp3) is 0.533. The van der Waals surface area contributed by atoms with Gasteiger partial charge >= 0.3 is 0 Å². The Morgan fingerprint density at radius 1 is 1.29 bits per heavy atom. The number of aryl methyl sites for hydroxylation is 1. The number of nitriles is 1. The summed E-state index contributed by atoms with van der Waals surface area (Å²) in [7, 11) is 0. The molecule has 1 N–H and O–H groups in total. The quantitative estimate of drug-likeness (QED) is 0.750. The molecule has 17 heavy (non-hydrogen) atoms. The van der Waals surface area contributed by atoms with Gasteiger partial charge in [0.25, 0.3) is 0 Å². The van der Waals surface area contributed by atoms with Crippen LogP contribution in [0.1, 0.15) is 39.2 Å². The molecule has 0 saturated heterocycles. The van der Waals surface area contributed by atoms with E-state index in [1.807, 2.05) is 13.8 Å². The van der Waals surface area contributed by atoms with Gasteiger partial charge in [0.1, 0.15) is 0 Å². The molecule has 0 aliphatic carbocycles. The summed E-state index contributed by atoms with van der Waals surface area (Å²) in [6.07, 6.45) is 3.01. The number of nitrogens with one attached hydrogen (secondary N) is 1. The molecule has 1 rings (SSSR count). The average Bonchev–Trinajstić information content (AvgIpc) is 2.35. The van der Waals surface area contributed by atoms with E-state index >= 15 is 0 Å². The van der Waals surface area contributed by atoms with Crippen molar-refractivity contribution in [3.63, 3.8) is 0 Å². The van der Waals surface area contributed by atoms with E-state index in [9.17, 15) is 0 Å². The molecule has 0 bridgehead atoms. The van der Waals surface area contributed by atoms with Crippen LogP contribution in [0.5, 0.6) is 0 Å². The first-order chi connectivity index (χ1) is 8.09. The zero-order chi connectivity index (χ0) is 12.7. The van der Waals surface area contributed by atoms with Crippen molar-refractivity contribution in [1.82, 2.24) is 0 Å². The Balaban J connectivity index is 2.39. The number of nitrogens with zero attached hydrogens (tertiary/aromatic N) is 1. The minimum atomic E-state index is -0.202. The summed E-state index contributed by atoms with van der Waals surface area (Å²) in [5.41, 5.74) is 2.38. The molecule has 2 nitrogen and oxygen atoms in total. The highest BCUT2D eigenvalue weighted by Gasteiger charge is 2.15. The molecule has 2 heteroatoms. The lowest BCUT2D eigenvalue weighted by atomic mass is 9.90. The van der Waals surface area contributed by atoms with E-state index in [0.717, 1.165) is 25.8 Å². The zero-order valence-electron chi connectivity index (χ0n) is 11.1. The van der Waals surface area contributed by atoms with Gasteiger partial charge in [-0.25, -0.2) is 0 Å². The summed E-state index contributed by atoms with van der Waals surface area (Å²) >= 11 is 0. The molecule has 0 aliphatic rings. The smallest absolute Gasteiger partial charge is 0.0683 e. The first-order valence-corrected chi connectivity index (χ1v) is 6.32. The second-order valence-electron chi connectivity index (χ2n) is 5.04. The minimum absolute atomic E-state index is 0.202. The standard InChI is InChI=1S/C15H22N2/c1-4-13-8-5-6-9-14(13)17-11-7-10-15(2,3)12-16/h5-6,8-9,17H,4,7,10-11H2,1-3H3. The summed E-state index contributed by atoms with van der Waals surface area (Å²) in [4.78, 5) is 0. The Labute approximate surface area is 105 Å². The van der Waals surface area contributed by atoms with Crippen LogP contribution in [0, 0.1) is 16.7 Å². The number of anilines is 1. The van der Waals surface area contributed by atoms with Crippen molar-refractivity contribution >= 4 is 5.69 Å². The van der Waals surface area contributed by atoms with Crippen LogP contribution in [-0.2, 0) is 6.42 Å². The van der Waals surface area contributed by atoms with Crippen molar-refractivity contribution in [2.24, 2.45) is 5.41 Å². The molecule has 0 atom stereocenters. The van der Waals surface area contributed by atoms with Gasteiger partial charge in [-0.05, 0) is 44.7 Å². The lowest BCUT2D eigenvalue weighted by Crippen LogP contribution is -2.11. The highest BCUT2D eigenvalue weighted by molar-refractivity contribution is 5.50. The van der Waals surface area contributed by atoms with Crippen LogP contribution >= 0.6 is 0 Å². The van der Waals surface area contributed by atoms with Crippen LogP contribution in [0.3, 0.4) is 0 Å². The van der Waals surface area contributed by atoms with Gasteiger partial charge < -0.3 is 5.32 Å². The van der Waals surface area contributed by atoms with E-state index in [0.29, 0.717) is 0 Å². The maximum absolute atomic E-state index is 8.92. The SMILES string of the molecule is CCc1ccccc1NCCCC(C)(C)C#N. The van der Waals surface area contributed by atoms with Crippen molar-refractivity contribution in [1.29, 1.82) is 5.26 Å². The summed E-state index contributed by atoms with van der Waals surface area (Å²) in [5, 5.41) is 12.4. The van der Waals surface area contributed by atoms with Gasteiger partial charge in [0, 0.05) is 12.2 Å². The first kappa shape index (κ1) is 13.6. The van der Waals surface area contributed by atoms with Crippen molar-refractivity contribution in [3.8, 4) is 6.07 Å². The van der Waals surface area contributed by atoms with E-state index in [-0.39, 0.29) is 5.41 Å². The molecular weight excluding hydrogens is 208 g/mol. The van der Waals surface area contributed by atoms with Gasteiger partial charge in [0.2, 0.25) is 0 Å². The van der Waals surface area contributed by atoms with Gasteiger partial charge in [-0.15, -0.1) is 0 Å². The second-order valence-corrected chi connectivity index (χ2v) is 5.04. The highest BCUT2D eigenvalue weighted by Crippen LogP contribution is 2.21. The molecule has 0 aromatic heterocycles. The van der Waals surface area contributed by atoms with Gasteiger partial charge in [-0.1, -0.05) is 25.1 Å². The molecule has 0 saturated carbocycles. The fourth-order valence-corrected chi connectivity index (χ4v) is 1.81. The van der Waals surface area contributed by atoms with E-state index in [4.69, 9.17) is 5.26 Å². The van der Waals surface area contributed by atoms with Crippen LogP contribution in [0.15, 0.2) is 24.3 Å². The molecule has 0 aliphatic heterocycles. The Kier molecular flexibility index (Phi) is 5.03. The topological polar surface area (TPSA) is 35.8 Å². The predicted molar refractivity (Wildman–Crippen MR) is 72.9 cm³/mol. The third kappa shape index (κ3) is 4.48. The molecule has 0 spiro atoms. The maximum Gasteiger partial charge on any atom is 0.0683 e. The molecule has 0 unspecified atom stereocenters. The second kappa shape index (κ2) is 6.30. The van der Waals surface area contributed by atoms with Gasteiger partial charge in [-0.3, -0.25) is 0 Å². The van der Waals surface area contributed by atoms with E-state index in [1.165, 1.54) is 11.3 Å². The van der Waals surface area contributed by atoms with Gasteiger partial charge in [-0.2, -0.15) is 5.26 Å². The third-order valence-corrected chi connectivity index (χ3v) is 2.99. The maximum atomic E-state index is 8.92. The fourth-order valence-electron chi connectivity index (χ4n) is 1.81. The largest absolute Gasteiger partial charge is 0.385 e. The van der Waals surface area contributed by atoms with Crippen molar-refractivity contribution < 1.29 is 0 Å². The Hall–Kier alpha value is -1.49. The van der Waals surface area contributed by atoms with Crippen LogP contribution in [0.2, 0.25) is 0 Å². The Morgan fingerprint density at radius 2 is 2.00 bits per heavy atom. The number of hydrogen-bond donors (Lipinski definition) is 1. The lowest BCUT2D eigenvalue weighted by Gasteiger charge is -2.16. The first-order valence-electron chi connectivity index (χ1n) is 6.32. The monoisotopic (exact) mass is 230 g/mol. The molecule has 0 heterocycles. The summed E-state index contributed by atoms with van der Waals surface area (Å²) in [6.45, 7) is 7.08. The number of benzene rings is 1. The van der Waals surface area contributed by atoms with Gasteiger partial charge in [0.15, 0.2) is 0 Å². The lowest BCUT2D eigenvalue weighted by molar-refractivity contribution is 0.441. The predicted octanol–water partition coefficient (Wildman–Crippen LogP) is 3.99. The molecule has 1 aromatic rings. The molecule has 0 radical (unpaired) electrons. The molecule has 0 amide bonds. The van der Waals surface area contributed by atoms with E-state index in [1.54, 1.807) is 0 Å². The summed E-state index contributed by atoms with van der Waals surface area (Å²) < 4.78 is 0. The number of para-hydroxylation sites is 1.